The maximum Gasteiger partial charge on any atom is 0.129 e. The SMILES string of the molecule is C=C(CC(C)(C)C)N1C2C(C)C2C[C@H]1CCc1nccc(/C(C)=C(\CCC)C(=N)[C@H]2CCCc3sc(N)c(C#N)c32)n1. The molecule has 1 saturated carbocycles. The molecule has 2 aromatic heterocycles. The van der Waals surface area contributed by atoms with Gasteiger partial charge in [-0.2, -0.15) is 5.26 Å². The van der Waals surface area contributed by atoms with Gasteiger partial charge in [0.05, 0.1) is 11.3 Å². The van der Waals surface area contributed by atoms with Crippen LogP contribution in [-0.2, 0) is 12.8 Å². The van der Waals surface area contributed by atoms with Gasteiger partial charge in [-0.25, -0.2) is 9.97 Å². The summed E-state index contributed by atoms with van der Waals surface area (Å²) in [7, 11) is 0. The Hall–Kier alpha value is -2.98. The number of aromatic nitrogens is 2. The third kappa shape index (κ3) is 5.93. The number of thiophene rings is 1. The first-order chi connectivity index (χ1) is 19.9. The summed E-state index contributed by atoms with van der Waals surface area (Å²) < 4.78 is 0. The van der Waals surface area contributed by atoms with Crippen LogP contribution in [0.15, 0.2) is 30.1 Å². The number of nitrogens with zero attached hydrogens (tertiary/aromatic N) is 4. The number of likely N-dealkylation sites (tertiary alicyclic amines) is 1. The number of anilines is 1. The zero-order chi connectivity index (χ0) is 30.3. The molecule has 3 heterocycles. The third-order valence-corrected chi connectivity index (χ3v) is 10.8. The van der Waals surface area contributed by atoms with E-state index >= 15 is 0 Å². The minimum absolute atomic E-state index is 0.0851. The third-order valence-electron chi connectivity index (χ3n) is 9.69. The summed E-state index contributed by atoms with van der Waals surface area (Å²) in [4.78, 5) is 13.6. The summed E-state index contributed by atoms with van der Waals surface area (Å²) >= 11 is 1.53. The van der Waals surface area contributed by atoms with E-state index in [-0.39, 0.29) is 11.3 Å². The predicted molar refractivity (Wildman–Crippen MR) is 175 cm³/mol. The molecule has 5 atom stereocenters. The van der Waals surface area contributed by atoms with Crippen molar-refractivity contribution in [2.75, 3.05) is 5.73 Å². The molecule has 1 saturated heterocycles. The molecule has 42 heavy (non-hydrogen) atoms. The minimum atomic E-state index is -0.0851. The van der Waals surface area contributed by atoms with Crippen molar-refractivity contribution >= 4 is 27.6 Å². The van der Waals surface area contributed by atoms with Gasteiger partial charge < -0.3 is 16.0 Å². The fourth-order valence-electron chi connectivity index (χ4n) is 7.68. The number of nitrogens with one attached hydrogen (secondary N) is 1. The van der Waals surface area contributed by atoms with Crippen molar-refractivity contribution in [1.82, 2.24) is 14.9 Å². The molecule has 6 nitrogen and oxygen atoms in total. The molecule has 0 spiro atoms. The zero-order valence-electron chi connectivity index (χ0n) is 26.4. The average molecular weight is 585 g/mol. The van der Waals surface area contributed by atoms with Gasteiger partial charge in [-0.05, 0) is 91.9 Å². The highest BCUT2D eigenvalue weighted by Crippen LogP contribution is 2.56. The molecule has 2 fully saturated rings. The average Bonchev–Trinajstić information content (AvgIpc) is 3.25. The Morgan fingerprint density at radius 1 is 1.33 bits per heavy atom. The van der Waals surface area contributed by atoms with Crippen molar-refractivity contribution in [3.8, 4) is 6.07 Å². The zero-order valence-corrected chi connectivity index (χ0v) is 27.2. The number of nitrogens with two attached hydrogens (primary N) is 1. The molecule has 3 unspecified atom stereocenters. The minimum Gasteiger partial charge on any atom is -0.389 e. The van der Waals surface area contributed by atoms with E-state index in [1.165, 1.54) is 28.3 Å². The molecule has 3 aliphatic rings. The van der Waals surface area contributed by atoms with Crippen molar-refractivity contribution < 1.29 is 0 Å². The highest BCUT2D eigenvalue weighted by molar-refractivity contribution is 7.16. The second-order valence-corrected chi connectivity index (χ2v) is 15.1. The molecule has 0 radical (unpaired) electrons. The van der Waals surface area contributed by atoms with Gasteiger partial charge in [0.2, 0.25) is 0 Å². The van der Waals surface area contributed by atoms with Gasteiger partial charge in [0.15, 0.2) is 0 Å². The smallest absolute Gasteiger partial charge is 0.129 e. The van der Waals surface area contributed by atoms with E-state index in [2.05, 4.69) is 64.1 Å². The maximum absolute atomic E-state index is 9.85. The van der Waals surface area contributed by atoms with Gasteiger partial charge in [0.25, 0.3) is 0 Å². The Kier molecular flexibility index (Phi) is 8.67. The Morgan fingerprint density at radius 3 is 2.79 bits per heavy atom. The van der Waals surface area contributed by atoms with Crippen LogP contribution >= 0.6 is 11.3 Å². The fraction of sp³-hybridized carbons (Fsp3) is 0.600. The Bertz CT molecular complexity index is 1440. The summed E-state index contributed by atoms with van der Waals surface area (Å²) in [6.07, 6.45) is 10.6. The lowest BCUT2D eigenvalue weighted by molar-refractivity contribution is 0.220. The van der Waals surface area contributed by atoms with E-state index in [1.807, 2.05) is 12.3 Å². The Morgan fingerprint density at radius 2 is 2.10 bits per heavy atom. The first kappa shape index (κ1) is 30.5. The molecule has 7 heteroatoms. The lowest BCUT2D eigenvalue weighted by atomic mass is 9.78. The normalized spacial score (nSPS) is 25.4. The number of hydrogen-bond acceptors (Lipinski definition) is 7. The molecule has 0 bridgehead atoms. The Balaban J connectivity index is 1.35. The highest BCUT2D eigenvalue weighted by atomic mass is 32.1. The summed E-state index contributed by atoms with van der Waals surface area (Å²) in [6.45, 7) is 18.1. The van der Waals surface area contributed by atoms with Crippen molar-refractivity contribution in [3.05, 3.63) is 57.6 Å². The number of nitrogen functional groups attached to an aromatic ring is 1. The summed E-state index contributed by atoms with van der Waals surface area (Å²) in [5.74, 6) is 2.36. The van der Waals surface area contributed by atoms with Crippen molar-refractivity contribution in [1.29, 1.82) is 10.7 Å². The van der Waals surface area contributed by atoms with Crippen LogP contribution in [-0.4, -0.2) is 32.7 Å². The number of allylic oxidation sites excluding steroid dienone is 3. The van der Waals surface area contributed by atoms with E-state index in [4.69, 9.17) is 10.7 Å². The standard InChI is InChI=1S/C35H48N6S/c1-8-10-24(32(37)25-11-9-12-29-31(25)27(19-36)34(38)42-29)21(3)28-15-16-39-30(40-28)14-13-23-17-26-22(4)33(26)41(23)20(2)18-35(5,6)7/h15-16,22-23,25-26,33,37H,2,8-14,17-18,38H2,1,3-7H3/b24-21+,37-32?/t22?,23-,25+,26?,33?/m1/s1. The van der Waals surface area contributed by atoms with E-state index in [9.17, 15) is 10.7 Å². The number of nitriles is 1. The molecule has 1 aliphatic heterocycles. The molecule has 2 aliphatic carbocycles. The first-order valence-corrected chi connectivity index (χ1v) is 16.6. The highest BCUT2D eigenvalue weighted by Gasteiger charge is 2.58. The van der Waals surface area contributed by atoms with E-state index in [0.717, 1.165) is 91.4 Å². The fourth-order valence-corrected chi connectivity index (χ4v) is 8.80. The topological polar surface area (TPSA) is 103 Å². The largest absolute Gasteiger partial charge is 0.389 e. The second kappa shape index (κ2) is 12.0. The molecule has 5 rings (SSSR count). The van der Waals surface area contributed by atoms with E-state index < -0.39 is 0 Å². The van der Waals surface area contributed by atoms with Gasteiger partial charge in [-0.1, -0.05) is 47.6 Å². The first-order valence-electron chi connectivity index (χ1n) is 15.8. The molecule has 2 aromatic rings. The number of piperidine rings is 1. The molecule has 3 N–H and O–H groups in total. The van der Waals surface area contributed by atoms with Crippen LogP contribution in [0.1, 0.15) is 120 Å². The molecular formula is C35H48N6S. The molecule has 224 valence electrons. The summed E-state index contributed by atoms with van der Waals surface area (Å²) in [5.41, 5.74) is 13.0. The van der Waals surface area contributed by atoms with Gasteiger partial charge >= 0.3 is 0 Å². The van der Waals surface area contributed by atoms with Gasteiger partial charge in [0.1, 0.15) is 16.9 Å². The van der Waals surface area contributed by atoms with Gasteiger partial charge in [-0.15, -0.1) is 11.3 Å². The van der Waals surface area contributed by atoms with Crippen LogP contribution in [0.3, 0.4) is 0 Å². The van der Waals surface area contributed by atoms with E-state index in [0.29, 0.717) is 28.4 Å². The summed E-state index contributed by atoms with van der Waals surface area (Å²) in [5, 5.41) is 19.8. The lowest BCUT2D eigenvalue weighted by Crippen LogP contribution is -2.35. The number of aryl methyl sites for hydroxylation is 2. The van der Waals surface area contributed by atoms with E-state index in [1.54, 1.807) is 0 Å². The van der Waals surface area contributed by atoms with Crippen molar-refractivity contribution in [2.24, 2.45) is 17.3 Å². The quantitative estimate of drug-likeness (QED) is 0.273. The van der Waals surface area contributed by atoms with Crippen LogP contribution < -0.4 is 5.73 Å². The maximum atomic E-state index is 9.85. The molecular weight excluding hydrogens is 536 g/mol. The summed E-state index contributed by atoms with van der Waals surface area (Å²) in [6, 6.07) is 5.49. The van der Waals surface area contributed by atoms with Gasteiger partial charge in [-0.3, -0.25) is 0 Å². The Labute approximate surface area is 256 Å². The van der Waals surface area contributed by atoms with Crippen molar-refractivity contribution in [3.63, 3.8) is 0 Å². The second-order valence-electron chi connectivity index (χ2n) is 14.0. The molecule has 0 aromatic carbocycles. The van der Waals surface area contributed by atoms with Gasteiger partial charge in [0, 0.05) is 46.9 Å². The van der Waals surface area contributed by atoms with Crippen LogP contribution in [0.25, 0.3) is 5.57 Å². The molecule has 0 amide bonds. The number of hydrogen-bond donors (Lipinski definition) is 2. The lowest BCUT2D eigenvalue weighted by Gasteiger charge is -2.35. The number of rotatable bonds is 10. The van der Waals surface area contributed by atoms with Crippen molar-refractivity contribution in [2.45, 2.75) is 117 Å². The van der Waals surface area contributed by atoms with Crippen LogP contribution in [0.5, 0.6) is 0 Å². The number of fused-ring (bicyclic) bond motifs is 2. The van der Waals surface area contributed by atoms with Crippen LogP contribution in [0.2, 0.25) is 0 Å². The predicted octanol–water partition coefficient (Wildman–Crippen LogP) is 8.30. The monoisotopic (exact) mass is 584 g/mol. The van der Waals surface area contributed by atoms with Crippen LogP contribution in [0.4, 0.5) is 5.00 Å². The van der Waals surface area contributed by atoms with Crippen LogP contribution in [0, 0.1) is 34.0 Å².